The molecule has 0 atom stereocenters. The molecule has 0 radical (unpaired) electrons. The molecular formula is C58H37NO. The van der Waals surface area contributed by atoms with E-state index in [4.69, 9.17) is 4.42 Å². The molecule has 2 nitrogen and oxygen atoms in total. The molecular weight excluding hydrogens is 727 g/mol. The van der Waals surface area contributed by atoms with E-state index < -0.39 is 0 Å². The maximum atomic E-state index is 6.45. The van der Waals surface area contributed by atoms with Crippen LogP contribution in [0.25, 0.3) is 98.4 Å². The molecule has 0 unspecified atom stereocenters. The van der Waals surface area contributed by atoms with Gasteiger partial charge in [0.2, 0.25) is 0 Å². The van der Waals surface area contributed by atoms with Crippen LogP contribution in [0.1, 0.15) is 0 Å². The Morgan fingerprint density at radius 3 is 1.57 bits per heavy atom. The molecule has 1 aromatic heterocycles. The second kappa shape index (κ2) is 13.9. The Hall–Kier alpha value is -7.94. The minimum absolute atomic E-state index is 0.865. The number of para-hydroxylation sites is 2. The fourth-order valence-corrected chi connectivity index (χ4v) is 9.28. The Bertz CT molecular complexity index is 3600. The Balaban J connectivity index is 0.976. The molecule has 0 aliphatic carbocycles. The Morgan fingerprint density at radius 2 is 0.783 bits per heavy atom. The van der Waals surface area contributed by atoms with Crippen LogP contribution in [-0.4, -0.2) is 0 Å². The second-order valence-electron chi connectivity index (χ2n) is 15.7. The lowest BCUT2D eigenvalue weighted by atomic mass is 9.95. The number of furan rings is 1. The van der Waals surface area contributed by atoms with E-state index in [-0.39, 0.29) is 0 Å². The van der Waals surface area contributed by atoms with E-state index in [0.717, 1.165) is 50.1 Å². The summed E-state index contributed by atoms with van der Waals surface area (Å²) in [5.41, 5.74) is 12.0. The Morgan fingerprint density at radius 1 is 0.283 bits per heavy atom. The highest BCUT2D eigenvalue weighted by Gasteiger charge is 2.22. The summed E-state index contributed by atoms with van der Waals surface area (Å²) in [6.45, 7) is 0. The van der Waals surface area contributed by atoms with Gasteiger partial charge in [0.05, 0.1) is 16.8 Å². The molecule has 1 heterocycles. The Kier molecular flexibility index (Phi) is 7.89. The van der Waals surface area contributed by atoms with E-state index in [1.807, 2.05) is 6.07 Å². The number of anilines is 3. The van der Waals surface area contributed by atoms with Crippen molar-refractivity contribution in [2.24, 2.45) is 0 Å². The van der Waals surface area contributed by atoms with E-state index in [0.29, 0.717) is 0 Å². The number of rotatable bonds is 6. The molecule has 0 spiro atoms. The molecule has 0 N–H and O–H groups in total. The first-order valence-corrected chi connectivity index (χ1v) is 20.6. The van der Waals surface area contributed by atoms with Crippen molar-refractivity contribution >= 4 is 82.1 Å². The number of benzene rings is 11. The Labute approximate surface area is 347 Å². The summed E-state index contributed by atoms with van der Waals surface area (Å²) in [4.78, 5) is 2.40. The van der Waals surface area contributed by atoms with Crippen LogP contribution in [0.15, 0.2) is 229 Å². The summed E-state index contributed by atoms with van der Waals surface area (Å²) in [7, 11) is 0. The van der Waals surface area contributed by atoms with Gasteiger partial charge in [0.15, 0.2) is 0 Å². The van der Waals surface area contributed by atoms with Gasteiger partial charge >= 0.3 is 0 Å². The average Bonchev–Trinajstić information content (AvgIpc) is 3.71. The summed E-state index contributed by atoms with van der Waals surface area (Å²) in [5.74, 6) is 0. The van der Waals surface area contributed by atoms with Crippen molar-refractivity contribution in [3.05, 3.63) is 224 Å². The van der Waals surface area contributed by atoms with Gasteiger partial charge in [-0.3, -0.25) is 0 Å². The van der Waals surface area contributed by atoms with E-state index >= 15 is 0 Å². The molecule has 12 rings (SSSR count). The average molecular weight is 764 g/mol. The summed E-state index contributed by atoms with van der Waals surface area (Å²) in [5, 5.41) is 12.3. The van der Waals surface area contributed by atoms with Crippen LogP contribution in [0.3, 0.4) is 0 Å². The van der Waals surface area contributed by atoms with Gasteiger partial charge in [0.25, 0.3) is 0 Å². The molecule has 0 saturated heterocycles. The molecule has 0 saturated carbocycles. The lowest BCUT2D eigenvalue weighted by Gasteiger charge is -2.28. The zero-order chi connectivity index (χ0) is 39.6. The van der Waals surface area contributed by atoms with E-state index in [2.05, 4.69) is 223 Å². The summed E-state index contributed by atoms with van der Waals surface area (Å²) in [6, 6.07) is 81.3. The number of hydrogen-bond donors (Lipinski definition) is 0. The standard InChI is InChI=1S/C58H37NO/c1-3-12-48-40(10-1)27-29-46-36-44(32-35-50(46)48)38-20-22-42(23-21-38)51-14-5-7-16-54(51)59(55-17-9-19-57-58(55)52-15-6-8-18-56(52)60-57)47-33-30-39(31-34-47)45-28-26-43-25-24-41-11-2-4-13-49(41)53(43)37-45/h1-37H. The first kappa shape index (κ1) is 34.1. The molecule has 0 aliphatic rings. The normalized spacial score (nSPS) is 11.7. The number of nitrogens with zero attached hydrogens (tertiary/aromatic N) is 1. The van der Waals surface area contributed by atoms with Crippen molar-refractivity contribution in [2.75, 3.05) is 4.90 Å². The molecule has 0 fully saturated rings. The molecule has 0 aliphatic heterocycles. The zero-order valence-corrected chi connectivity index (χ0v) is 32.7. The van der Waals surface area contributed by atoms with Crippen molar-refractivity contribution in [3.63, 3.8) is 0 Å². The molecule has 11 aromatic carbocycles. The van der Waals surface area contributed by atoms with Gasteiger partial charge in [-0.25, -0.2) is 0 Å². The summed E-state index contributed by atoms with van der Waals surface area (Å²) in [6.07, 6.45) is 0. The first-order chi connectivity index (χ1) is 29.7. The van der Waals surface area contributed by atoms with Crippen LogP contribution in [0, 0.1) is 0 Å². The minimum Gasteiger partial charge on any atom is -0.456 e. The van der Waals surface area contributed by atoms with Crippen LogP contribution < -0.4 is 4.90 Å². The van der Waals surface area contributed by atoms with Gasteiger partial charge in [-0.05, 0) is 119 Å². The monoisotopic (exact) mass is 763 g/mol. The predicted molar refractivity (Wildman–Crippen MR) is 255 cm³/mol. The highest BCUT2D eigenvalue weighted by molar-refractivity contribution is 6.14. The molecule has 0 amide bonds. The van der Waals surface area contributed by atoms with Gasteiger partial charge in [0, 0.05) is 16.6 Å². The minimum atomic E-state index is 0.865. The van der Waals surface area contributed by atoms with Crippen molar-refractivity contribution in [1.29, 1.82) is 0 Å². The molecule has 60 heavy (non-hydrogen) atoms. The van der Waals surface area contributed by atoms with Gasteiger partial charge in [0.1, 0.15) is 11.2 Å². The van der Waals surface area contributed by atoms with E-state index in [1.54, 1.807) is 0 Å². The molecule has 12 aromatic rings. The van der Waals surface area contributed by atoms with Crippen molar-refractivity contribution in [3.8, 4) is 33.4 Å². The van der Waals surface area contributed by atoms with Crippen molar-refractivity contribution in [2.45, 2.75) is 0 Å². The highest BCUT2D eigenvalue weighted by atomic mass is 16.3. The highest BCUT2D eigenvalue weighted by Crippen LogP contribution is 2.46. The topological polar surface area (TPSA) is 16.4 Å². The quantitative estimate of drug-likeness (QED) is 0.157. The van der Waals surface area contributed by atoms with Gasteiger partial charge in [-0.1, -0.05) is 176 Å². The maximum absolute atomic E-state index is 6.45. The van der Waals surface area contributed by atoms with Gasteiger partial charge < -0.3 is 9.32 Å². The van der Waals surface area contributed by atoms with Crippen LogP contribution in [0.2, 0.25) is 0 Å². The van der Waals surface area contributed by atoms with Crippen LogP contribution in [0.4, 0.5) is 17.1 Å². The first-order valence-electron chi connectivity index (χ1n) is 20.6. The van der Waals surface area contributed by atoms with Crippen LogP contribution in [0.5, 0.6) is 0 Å². The lowest BCUT2D eigenvalue weighted by molar-refractivity contribution is 0.669. The molecule has 0 bridgehead atoms. The van der Waals surface area contributed by atoms with Crippen molar-refractivity contribution < 1.29 is 4.42 Å². The number of hydrogen-bond acceptors (Lipinski definition) is 2. The predicted octanol–water partition coefficient (Wildman–Crippen LogP) is 16.7. The van der Waals surface area contributed by atoms with Crippen LogP contribution in [-0.2, 0) is 0 Å². The molecule has 280 valence electrons. The SMILES string of the molecule is c1ccc(N(c2ccc(-c3ccc4ccc5ccccc5c4c3)cc2)c2cccc3oc4ccccc4c23)c(-c2ccc(-c3ccc4c(ccc5ccccc54)c3)cc2)c1. The summed E-state index contributed by atoms with van der Waals surface area (Å²) >= 11 is 0. The lowest BCUT2D eigenvalue weighted by Crippen LogP contribution is -2.11. The fraction of sp³-hybridized carbons (Fsp3) is 0. The van der Waals surface area contributed by atoms with Crippen LogP contribution >= 0.6 is 0 Å². The van der Waals surface area contributed by atoms with E-state index in [1.165, 1.54) is 65.3 Å². The van der Waals surface area contributed by atoms with Crippen molar-refractivity contribution in [1.82, 2.24) is 0 Å². The smallest absolute Gasteiger partial charge is 0.137 e. The van der Waals surface area contributed by atoms with Gasteiger partial charge in [-0.15, -0.1) is 0 Å². The summed E-state index contributed by atoms with van der Waals surface area (Å²) < 4.78 is 6.45. The number of fused-ring (bicyclic) bond motifs is 9. The van der Waals surface area contributed by atoms with Gasteiger partial charge in [-0.2, -0.15) is 0 Å². The second-order valence-corrected chi connectivity index (χ2v) is 15.7. The van der Waals surface area contributed by atoms with E-state index in [9.17, 15) is 0 Å². The fourth-order valence-electron chi connectivity index (χ4n) is 9.28. The third-order valence-corrected chi connectivity index (χ3v) is 12.2. The largest absolute Gasteiger partial charge is 0.456 e. The zero-order valence-electron chi connectivity index (χ0n) is 32.7. The molecule has 2 heteroatoms. The third-order valence-electron chi connectivity index (χ3n) is 12.2. The third kappa shape index (κ3) is 5.65. The maximum Gasteiger partial charge on any atom is 0.137 e.